The quantitative estimate of drug-likeness (QED) is 0.278. The van der Waals surface area contributed by atoms with E-state index < -0.39 is 5.97 Å². The van der Waals surface area contributed by atoms with Crippen molar-refractivity contribution in [3.8, 4) is 0 Å². The highest BCUT2D eigenvalue weighted by atomic mass is 16.6. The Morgan fingerprint density at radius 1 is 1.33 bits per heavy atom. The van der Waals surface area contributed by atoms with Crippen LogP contribution in [-0.4, -0.2) is 30.1 Å². The molecule has 0 atom stereocenters. The van der Waals surface area contributed by atoms with E-state index in [1.165, 1.54) is 25.3 Å². The third-order valence-electron chi connectivity index (χ3n) is 4.78. The van der Waals surface area contributed by atoms with Crippen LogP contribution in [0.1, 0.15) is 58.4 Å². The lowest BCUT2D eigenvalue weighted by Gasteiger charge is -2.37. The van der Waals surface area contributed by atoms with Crippen molar-refractivity contribution in [1.29, 1.82) is 0 Å². The number of carbonyl (C=O) groups excluding carboxylic acids is 1. The average Bonchev–Trinajstić information content (AvgIpc) is 2.65. The van der Waals surface area contributed by atoms with Crippen LogP contribution in [0.25, 0.3) is 6.08 Å². The van der Waals surface area contributed by atoms with Crippen molar-refractivity contribution in [2.75, 3.05) is 18.1 Å². The van der Waals surface area contributed by atoms with E-state index in [9.17, 15) is 14.9 Å². The van der Waals surface area contributed by atoms with E-state index in [0.717, 1.165) is 19.4 Å². The van der Waals surface area contributed by atoms with Crippen LogP contribution in [0.4, 0.5) is 11.4 Å². The van der Waals surface area contributed by atoms with Gasteiger partial charge < -0.3 is 9.64 Å². The number of nitro benzene ring substituents is 1. The van der Waals surface area contributed by atoms with E-state index >= 15 is 0 Å². The molecule has 1 aromatic carbocycles. The topological polar surface area (TPSA) is 72.7 Å². The molecule has 0 N–H and O–H groups in total. The predicted molar refractivity (Wildman–Crippen MR) is 108 cm³/mol. The normalized spacial score (nSPS) is 15.3. The first kappa shape index (κ1) is 20.9. The molecule has 148 valence electrons. The molecule has 1 aromatic rings. The Hall–Kier alpha value is -2.37. The number of carbonyl (C=O) groups is 1. The van der Waals surface area contributed by atoms with Gasteiger partial charge in [0, 0.05) is 24.7 Å². The van der Waals surface area contributed by atoms with Gasteiger partial charge in [-0.25, -0.2) is 4.79 Å². The molecule has 1 saturated carbocycles. The summed E-state index contributed by atoms with van der Waals surface area (Å²) in [4.78, 5) is 25.1. The Kier molecular flexibility index (Phi) is 7.82. The number of esters is 1. The highest BCUT2D eigenvalue weighted by molar-refractivity contribution is 5.87. The summed E-state index contributed by atoms with van der Waals surface area (Å²) < 4.78 is 4.86. The van der Waals surface area contributed by atoms with Gasteiger partial charge in [-0.1, -0.05) is 39.2 Å². The minimum absolute atomic E-state index is 0.0900. The summed E-state index contributed by atoms with van der Waals surface area (Å²) in [6.07, 6.45) is 8.60. The highest BCUT2D eigenvalue weighted by Crippen LogP contribution is 2.35. The van der Waals surface area contributed by atoms with Gasteiger partial charge in [0.15, 0.2) is 0 Å². The van der Waals surface area contributed by atoms with Crippen LogP contribution in [0.2, 0.25) is 0 Å². The number of hydrogen-bond donors (Lipinski definition) is 0. The summed E-state index contributed by atoms with van der Waals surface area (Å²) in [5.74, 6) is -0.0391. The first-order chi connectivity index (χ1) is 12.9. The molecule has 0 spiro atoms. The van der Waals surface area contributed by atoms with Crippen LogP contribution in [0, 0.1) is 16.0 Å². The molecule has 0 bridgehead atoms. The molecule has 27 heavy (non-hydrogen) atoms. The third-order valence-corrected chi connectivity index (χ3v) is 4.78. The van der Waals surface area contributed by atoms with Crippen molar-refractivity contribution in [3.63, 3.8) is 0 Å². The van der Waals surface area contributed by atoms with Crippen LogP contribution < -0.4 is 4.90 Å². The summed E-state index contributed by atoms with van der Waals surface area (Å²) in [7, 11) is 0. The lowest BCUT2D eigenvalue weighted by molar-refractivity contribution is -0.384. The van der Waals surface area contributed by atoms with E-state index in [1.807, 2.05) is 12.1 Å². The fraction of sp³-hybridized carbons (Fsp3) is 0.571. The van der Waals surface area contributed by atoms with Crippen molar-refractivity contribution in [2.45, 2.75) is 58.9 Å². The Morgan fingerprint density at radius 3 is 2.63 bits per heavy atom. The van der Waals surface area contributed by atoms with Crippen LogP contribution in [0.3, 0.4) is 0 Å². The average molecular weight is 374 g/mol. The number of nitro groups is 1. The summed E-state index contributed by atoms with van der Waals surface area (Å²) in [6, 6.07) is 5.54. The van der Waals surface area contributed by atoms with Crippen molar-refractivity contribution in [1.82, 2.24) is 0 Å². The van der Waals surface area contributed by atoms with Crippen LogP contribution >= 0.6 is 0 Å². The number of anilines is 1. The van der Waals surface area contributed by atoms with Crippen LogP contribution in [-0.2, 0) is 9.53 Å². The largest absolute Gasteiger partial charge is 0.463 e. The number of nitrogens with zero attached hydrogens (tertiary/aromatic N) is 2. The molecule has 0 amide bonds. The minimum atomic E-state index is -0.451. The lowest BCUT2D eigenvalue weighted by atomic mass is 9.93. The SMILES string of the molecule is CCOC(=O)/C=C\c1ccc(N(CC(C)C)C2CCCCC2)c([N+](=O)[O-])c1. The number of rotatable bonds is 8. The molecule has 1 fully saturated rings. The van der Waals surface area contributed by atoms with E-state index in [2.05, 4.69) is 18.7 Å². The van der Waals surface area contributed by atoms with Gasteiger partial charge in [0.1, 0.15) is 5.69 Å². The van der Waals surface area contributed by atoms with Gasteiger partial charge in [-0.2, -0.15) is 0 Å². The van der Waals surface area contributed by atoms with Gasteiger partial charge in [-0.15, -0.1) is 0 Å². The second-order valence-electron chi connectivity index (χ2n) is 7.43. The zero-order valence-corrected chi connectivity index (χ0v) is 16.5. The lowest BCUT2D eigenvalue weighted by Crippen LogP contribution is -2.39. The van der Waals surface area contributed by atoms with E-state index in [0.29, 0.717) is 29.8 Å². The van der Waals surface area contributed by atoms with E-state index in [4.69, 9.17) is 4.74 Å². The van der Waals surface area contributed by atoms with Gasteiger partial charge in [0.2, 0.25) is 0 Å². The Balaban J connectivity index is 2.34. The van der Waals surface area contributed by atoms with Crippen molar-refractivity contribution < 1.29 is 14.5 Å². The minimum Gasteiger partial charge on any atom is -0.463 e. The van der Waals surface area contributed by atoms with Crippen molar-refractivity contribution >= 4 is 23.4 Å². The molecule has 0 unspecified atom stereocenters. The molecule has 1 aliphatic carbocycles. The number of ether oxygens (including phenoxy) is 1. The number of benzene rings is 1. The Labute approximate surface area is 161 Å². The van der Waals surface area contributed by atoms with Gasteiger partial charge >= 0.3 is 5.97 Å². The van der Waals surface area contributed by atoms with Crippen LogP contribution in [0.5, 0.6) is 0 Å². The monoisotopic (exact) mass is 374 g/mol. The fourth-order valence-electron chi connectivity index (χ4n) is 3.62. The molecular formula is C21H30N2O4. The summed E-state index contributed by atoms with van der Waals surface area (Å²) in [5, 5.41) is 11.8. The molecule has 0 aromatic heterocycles. The zero-order valence-electron chi connectivity index (χ0n) is 16.5. The standard InChI is InChI=1S/C21H30N2O4/c1-4-27-21(24)13-11-17-10-12-19(20(14-17)23(25)26)22(15-16(2)3)18-8-6-5-7-9-18/h10-14,16,18H,4-9,15H2,1-3H3/b13-11-. The summed E-state index contributed by atoms with van der Waals surface area (Å²) in [6.45, 7) is 7.10. The molecule has 0 heterocycles. The molecule has 6 nitrogen and oxygen atoms in total. The second kappa shape index (κ2) is 10.1. The predicted octanol–water partition coefficient (Wildman–Crippen LogP) is 4.97. The summed E-state index contributed by atoms with van der Waals surface area (Å²) in [5.41, 5.74) is 1.38. The summed E-state index contributed by atoms with van der Waals surface area (Å²) >= 11 is 0. The molecule has 6 heteroatoms. The number of hydrogen-bond acceptors (Lipinski definition) is 5. The first-order valence-corrected chi connectivity index (χ1v) is 9.82. The van der Waals surface area contributed by atoms with Gasteiger partial charge in [0.25, 0.3) is 5.69 Å². The van der Waals surface area contributed by atoms with Crippen molar-refractivity contribution in [3.05, 3.63) is 40.0 Å². The second-order valence-corrected chi connectivity index (χ2v) is 7.43. The smallest absolute Gasteiger partial charge is 0.330 e. The van der Waals surface area contributed by atoms with Gasteiger partial charge in [-0.05, 0) is 43.4 Å². The maximum absolute atomic E-state index is 11.8. The van der Waals surface area contributed by atoms with Crippen LogP contribution in [0.15, 0.2) is 24.3 Å². The Bertz CT molecular complexity index is 679. The van der Waals surface area contributed by atoms with E-state index in [1.54, 1.807) is 19.1 Å². The highest BCUT2D eigenvalue weighted by Gasteiger charge is 2.27. The molecule has 1 aliphatic rings. The molecule has 0 saturated heterocycles. The Morgan fingerprint density at radius 2 is 2.04 bits per heavy atom. The van der Waals surface area contributed by atoms with Gasteiger partial charge in [-0.3, -0.25) is 10.1 Å². The molecular weight excluding hydrogens is 344 g/mol. The molecule has 0 radical (unpaired) electrons. The van der Waals surface area contributed by atoms with Crippen molar-refractivity contribution in [2.24, 2.45) is 5.92 Å². The zero-order chi connectivity index (χ0) is 19.8. The fourth-order valence-corrected chi connectivity index (χ4v) is 3.62. The van der Waals surface area contributed by atoms with E-state index in [-0.39, 0.29) is 10.6 Å². The maximum atomic E-state index is 11.8. The van der Waals surface area contributed by atoms with Gasteiger partial charge in [0.05, 0.1) is 11.5 Å². The maximum Gasteiger partial charge on any atom is 0.330 e. The third kappa shape index (κ3) is 6.08. The molecule has 2 rings (SSSR count). The first-order valence-electron chi connectivity index (χ1n) is 9.82. The molecule has 0 aliphatic heterocycles.